The first-order valence-corrected chi connectivity index (χ1v) is 8.00. The number of aliphatic hydroxyl groups is 1. The van der Waals surface area contributed by atoms with Gasteiger partial charge in [-0.25, -0.2) is 0 Å². The second kappa shape index (κ2) is 6.84. The van der Waals surface area contributed by atoms with Gasteiger partial charge in [0.05, 0.1) is 12.3 Å². The predicted octanol–water partition coefficient (Wildman–Crippen LogP) is 3.33. The Balaban J connectivity index is 1.74. The van der Waals surface area contributed by atoms with Crippen molar-refractivity contribution >= 4 is 23.0 Å². The minimum Gasteiger partial charge on any atom is -0.392 e. The molecule has 3 rings (SSSR count). The third-order valence-electron chi connectivity index (χ3n) is 4.14. The smallest absolute Gasteiger partial charge is 0.255 e. The van der Waals surface area contributed by atoms with Gasteiger partial charge in [0.1, 0.15) is 0 Å². The van der Waals surface area contributed by atoms with Gasteiger partial charge in [-0.2, -0.15) is 5.10 Å². The van der Waals surface area contributed by atoms with E-state index in [1.165, 1.54) is 0 Å². The normalized spacial score (nSPS) is 13.8. The second-order valence-electron chi connectivity index (χ2n) is 6.02. The molecule has 1 heterocycles. The van der Waals surface area contributed by atoms with Crippen molar-refractivity contribution in [3.05, 3.63) is 59.2 Å². The summed E-state index contributed by atoms with van der Waals surface area (Å²) in [5.41, 5.74) is 5.15. The second-order valence-corrected chi connectivity index (χ2v) is 6.02. The standard InChI is InChI=1S/C19H21N3O2/c1-13-3-4-15(12-23)11-18(13)20-19(24)16-5-7-17(8-6-16)22-10-9-14(2)21-22/h3-8,11,23H,9-10,12H2,1-2H3,(H,20,24). The molecule has 0 aromatic heterocycles. The SMILES string of the molecule is CC1=NN(c2ccc(C(=O)Nc3cc(CO)ccc3C)cc2)CC1. The third kappa shape index (κ3) is 3.46. The molecule has 2 N–H and O–H groups in total. The zero-order chi connectivity index (χ0) is 17.1. The summed E-state index contributed by atoms with van der Waals surface area (Å²) in [4.78, 5) is 12.4. The molecule has 24 heavy (non-hydrogen) atoms. The first kappa shape index (κ1) is 16.2. The van der Waals surface area contributed by atoms with E-state index < -0.39 is 0 Å². The Kier molecular flexibility index (Phi) is 4.62. The van der Waals surface area contributed by atoms with Gasteiger partial charge in [0.2, 0.25) is 0 Å². The van der Waals surface area contributed by atoms with Gasteiger partial charge in [-0.3, -0.25) is 9.80 Å². The summed E-state index contributed by atoms with van der Waals surface area (Å²) in [7, 11) is 0. The lowest BCUT2D eigenvalue weighted by Gasteiger charge is -2.14. The van der Waals surface area contributed by atoms with Crippen LogP contribution in [0.5, 0.6) is 0 Å². The van der Waals surface area contributed by atoms with Gasteiger partial charge in [-0.15, -0.1) is 0 Å². The molecule has 124 valence electrons. The Hall–Kier alpha value is -2.66. The highest BCUT2D eigenvalue weighted by Crippen LogP contribution is 2.21. The van der Waals surface area contributed by atoms with E-state index in [1.807, 2.05) is 43.1 Å². The molecule has 2 aromatic rings. The Morgan fingerprint density at radius 3 is 2.58 bits per heavy atom. The van der Waals surface area contributed by atoms with Gasteiger partial charge in [0.15, 0.2) is 0 Å². The Labute approximate surface area is 141 Å². The molecule has 5 nitrogen and oxygen atoms in total. The van der Waals surface area contributed by atoms with Gasteiger partial charge < -0.3 is 10.4 Å². The molecule has 0 spiro atoms. The van der Waals surface area contributed by atoms with E-state index in [1.54, 1.807) is 18.2 Å². The molecule has 0 aliphatic carbocycles. The summed E-state index contributed by atoms with van der Waals surface area (Å²) in [6.07, 6.45) is 0.975. The average Bonchev–Trinajstić information content (AvgIpc) is 3.03. The first-order valence-electron chi connectivity index (χ1n) is 8.00. The number of carbonyl (C=O) groups is 1. The fourth-order valence-corrected chi connectivity index (χ4v) is 2.64. The molecule has 1 aliphatic heterocycles. The molecule has 0 bridgehead atoms. The van der Waals surface area contributed by atoms with Crippen molar-refractivity contribution in [2.45, 2.75) is 26.9 Å². The minimum atomic E-state index is -0.166. The van der Waals surface area contributed by atoms with Crippen molar-refractivity contribution in [3.63, 3.8) is 0 Å². The van der Waals surface area contributed by atoms with Crippen molar-refractivity contribution in [3.8, 4) is 0 Å². The maximum atomic E-state index is 12.4. The molecule has 0 radical (unpaired) electrons. The highest BCUT2D eigenvalue weighted by molar-refractivity contribution is 6.04. The van der Waals surface area contributed by atoms with Gasteiger partial charge >= 0.3 is 0 Å². The van der Waals surface area contributed by atoms with E-state index in [0.717, 1.165) is 41.2 Å². The summed E-state index contributed by atoms with van der Waals surface area (Å²) in [5.74, 6) is -0.166. The fourth-order valence-electron chi connectivity index (χ4n) is 2.64. The summed E-state index contributed by atoms with van der Waals surface area (Å²) < 4.78 is 0. The summed E-state index contributed by atoms with van der Waals surface area (Å²) in [6.45, 7) is 4.77. The number of nitrogens with one attached hydrogen (secondary N) is 1. The topological polar surface area (TPSA) is 64.9 Å². The van der Waals surface area contributed by atoms with Gasteiger partial charge in [0.25, 0.3) is 5.91 Å². The van der Waals surface area contributed by atoms with E-state index in [9.17, 15) is 9.90 Å². The molecule has 5 heteroatoms. The van der Waals surface area contributed by atoms with Crippen LogP contribution in [0.4, 0.5) is 11.4 Å². The van der Waals surface area contributed by atoms with Crippen LogP contribution >= 0.6 is 0 Å². The van der Waals surface area contributed by atoms with Crippen LogP contribution in [0.25, 0.3) is 0 Å². The van der Waals surface area contributed by atoms with Crippen LogP contribution in [-0.4, -0.2) is 23.3 Å². The Morgan fingerprint density at radius 1 is 1.21 bits per heavy atom. The highest BCUT2D eigenvalue weighted by Gasteiger charge is 2.14. The van der Waals surface area contributed by atoms with Crippen LogP contribution in [-0.2, 0) is 6.61 Å². The van der Waals surface area contributed by atoms with Crippen LogP contribution in [0, 0.1) is 6.92 Å². The zero-order valence-electron chi connectivity index (χ0n) is 13.9. The third-order valence-corrected chi connectivity index (χ3v) is 4.14. The number of amides is 1. The molecule has 2 aromatic carbocycles. The van der Waals surface area contributed by atoms with Crippen LogP contribution in [0.1, 0.15) is 34.8 Å². The molecule has 0 saturated carbocycles. The molecule has 1 aliphatic rings. The number of hydrogen-bond donors (Lipinski definition) is 2. The van der Waals surface area contributed by atoms with Crippen molar-refractivity contribution < 1.29 is 9.90 Å². The number of aryl methyl sites for hydroxylation is 1. The molecule has 0 saturated heterocycles. The van der Waals surface area contributed by atoms with Crippen LogP contribution in [0.15, 0.2) is 47.6 Å². The lowest BCUT2D eigenvalue weighted by molar-refractivity contribution is 0.102. The number of anilines is 2. The quantitative estimate of drug-likeness (QED) is 0.907. The Bertz CT molecular complexity index is 782. The van der Waals surface area contributed by atoms with Gasteiger partial charge in [-0.1, -0.05) is 12.1 Å². The van der Waals surface area contributed by atoms with Crippen molar-refractivity contribution in [1.82, 2.24) is 0 Å². The molecular weight excluding hydrogens is 302 g/mol. The number of aliphatic hydroxyl groups excluding tert-OH is 1. The maximum Gasteiger partial charge on any atom is 0.255 e. The Morgan fingerprint density at radius 2 is 1.96 bits per heavy atom. The lowest BCUT2D eigenvalue weighted by Crippen LogP contribution is -2.14. The van der Waals surface area contributed by atoms with E-state index in [2.05, 4.69) is 10.4 Å². The molecule has 0 fully saturated rings. The van der Waals surface area contributed by atoms with Crippen LogP contribution in [0.3, 0.4) is 0 Å². The van der Waals surface area contributed by atoms with Gasteiger partial charge in [-0.05, 0) is 55.3 Å². The van der Waals surface area contributed by atoms with E-state index >= 15 is 0 Å². The zero-order valence-corrected chi connectivity index (χ0v) is 13.9. The highest BCUT2D eigenvalue weighted by atomic mass is 16.3. The predicted molar refractivity (Wildman–Crippen MR) is 96.6 cm³/mol. The number of hydrazone groups is 1. The van der Waals surface area contributed by atoms with Crippen molar-refractivity contribution in [2.75, 3.05) is 16.9 Å². The molecule has 0 unspecified atom stereocenters. The largest absolute Gasteiger partial charge is 0.392 e. The summed E-state index contributed by atoms with van der Waals surface area (Å²) in [5, 5.41) is 18.5. The number of nitrogens with zero attached hydrogens (tertiary/aromatic N) is 2. The lowest BCUT2D eigenvalue weighted by atomic mass is 10.1. The molecule has 0 atom stereocenters. The fraction of sp³-hybridized carbons (Fsp3) is 0.263. The number of hydrogen-bond acceptors (Lipinski definition) is 4. The maximum absolute atomic E-state index is 12.4. The number of benzene rings is 2. The summed E-state index contributed by atoms with van der Waals surface area (Å²) in [6, 6.07) is 13.0. The average molecular weight is 323 g/mol. The number of carbonyl (C=O) groups excluding carboxylic acids is 1. The first-order chi connectivity index (χ1) is 11.6. The molecule has 1 amide bonds. The minimum absolute atomic E-state index is 0.0480. The van der Waals surface area contributed by atoms with Crippen LogP contribution < -0.4 is 10.3 Å². The van der Waals surface area contributed by atoms with E-state index in [4.69, 9.17) is 0 Å². The molecular formula is C19H21N3O2. The van der Waals surface area contributed by atoms with Crippen molar-refractivity contribution in [1.29, 1.82) is 0 Å². The van der Waals surface area contributed by atoms with E-state index in [0.29, 0.717) is 5.56 Å². The monoisotopic (exact) mass is 323 g/mol. The van der Waals surface area contributed by atoms with E-state index in [-0.39, 0.29) is 12.5 Å². The van der Waals surface area contributed by atoms with Gasteiger partial charge in [0, 0.05) is 29.9 Å². The van der Waals surface area contributed by atoms with Crippen LogP contribution in [0.2, 0.25) is 0 Å². The summed E-state index contributed by atoms with van der Waals surface area (Å²) >= 11 is 0. The van der Waals surface area contributed by atoms with Crippen molar-refractivity contribution in [2.24, 2.45) is 5.10 Å². The number of rotatable bonds is 4.